The van der Waals surface area contributed by atoms with E-state index in [0.29, 0.717) is 6.04 Å². The summed E-state index contributed by atoms with van der Waals surface area (Å²) >= 11 is 1.77. The molecule has 20 heavy (non-hydrogen) atoms. The van der Waals surface area contributed by atoms with Crippen molar-refractivity contribution in [2.45, 2.75) is 38.9 Å². The minimum Gasteiger partial charge on any atom is -0.364 e. The number of aromatic nitrogens is 1. The molecule has 1 saturated carbocycles. The van der Waals surface area contributed by atoms with E-state index in [-0.39, 0.29) is 0 Å². The summed E-state index contributed by atoms with van der Waals surface area (Å²) in [7, 11) is 0. The maximum absolute atomic E-state index is 4.45. The number of hydrogen-bond donors (Lipinski definition) is 1. The molecular weight excluding hydrogens is 266 g/mol. The van der Waals surface area contributed by atoms with Gasteiger partial charge >= 0.3 is 0 Å². The van der Waals surface area contributed by atoms with Crippen molar-refractivity contribution in [2.24, 2.45) is 0 Å². The predicted octanol–water partition coefficient (Wildman–Crippen LogP) is 3.42. The van der Waals surface area contributed by atoms with Crippen molar-refractivity contribution < 1.29 is 0 Å². The average molecular weight is 287 g/mol. The first-order valence-corrected chi connectivity index (χ1v) is 8.24. The average Bonchev–Trinajstić information content (AvgIpc) is 3.19. The van der Waals surface area contributed by atoms with Crippen LogP contribution in [0.15, 0.2) is 35.2 Å². The molecule has 4 heteroatoms. The molecular formula is C16H21N3S. The van der Waals surface area contributed by atoms with Gasteiger partial charge in [0.05, 0.1) is 5.69 Å². The number of anilines is 1. The van der Waals surface area contributed by atoms with E-state index in [2.05, 4.69) is 51.1 Å². The SMILES string of the molecule is CCNCc1cc(N(Cc2ccsc2)C2CC2)ccn1. The number of hydrogen-bond acceptors (Lipinski definition) is 4. The molecule has 2 aromatic rings. The molecule has 3 rings (SSSR count). The van der Waals surface area contributed by atoms with E-state index in [1.165, 1.54) is 24.1 Å². The van der Waals surface area contributed by atoms with Gasteiger partial charge in [0.25, 0.3) is 0 Å². The van der Waals surface area contributed by atoms with E-state index in [1.54, 1.807) is 11.3 Å². The number of nitrogens with one attached hydrogen (secondary N) is 1. The summed E-state index contributed by atoms with van der Waals surface area (Å²) in [5.74, 6) is 0. The quantitative estimate of drug-likeness (QED) is 0.845. The first kappa shape index (κ1) is 13.6. The standard InChI is InChI=1S/C16H21N3S/c1-2-17-10-14-9-16(5-7-18-14)19(15-3-4-15)11-13-6-8-20-12-13/h5-9,12,15,17H,2-4,10-11H2,1H3. The topological polar surface area (TPSA) is 28.2 Å². The van der Waals surface area contributed by atoms with E-state index in [4.69, 9.17) is 0 Å². The molecule has 0 spiro atoms. The Hall–Kier alpha value is -1.39. The van der Waals surface area contributed by atoms with Crippen LogP contribution in [-0.2, 0) is 13.1 Å². The monoisotopic (exact) mass is 287 g/mol. The Morgan fingerprint density at radius 3 is 3.00 bits per heavy atom. The van der Waals surface area contributed by atoms with E-state index < -0.39 is 0 Å². The first-order chi connectivity index (χ1) is 9.86. The molecule has 1 fully saturated rings. The Bertz CT molecular complexity index is 534. The van der Waals surface area contributed by atoms with Crippen molar-refractivity contribution in [3.8, 4) is 0 Å². The van der Waals surface area contributed by atoms with Gasteiger partial charge in [0, 0.05) is 31.0 Å². The van der Waals surface area contributed by atoms with E-state index in [9.17, 15) is 0 Å². The molecule has 3 nitrogen and oxygen atoms in total. The van der Waals surface area contributed by atoms with Crippen molar-refractivity contribution in [2.75, 3.05) is 11.4 Å². The highest BCUT2D eigenvalue weighted by Gasteiger charge is 2.29. The number of rotatable bonds is 7. The third kappa shape index (κ3) is 3.38. The molecule has 0 amide bonds. The van der Waals surface area contributed by atoms with Gasteiger partial charge in [0.15, 0.2) is 0 Å². The molecule has 0 aliphatic heterocycles. The van der Waals surface area contributed by atoms with Crippen LogP contribution in [0.3, 0.4) is 0 Å². The van der Waals surface area contributed by atoms with Crippen LogP contribution in [0.25, 0.3) is 0 Å². The van der Waals surface area contributed by atoms with Gasteiger partial charge in [-0.3, -0.25) is 4.98 Å². The lowest BCUT2D eigenvalue weighted by Crippen LogP contribution is -2.25. The molecule has 1 N–H and O–H groups in total. The highest BCUT2D eigenvalue weighted by Crippen LogP contribution is 2.33. The normalized spacial score (nSPS) is 14.4. The van der Waals surface area contributed by atoms with Crippen molar-refractivity contribution in [1.82, 2.24) is 10.3 Å². The lowest BCUT2D eigenvalue weighted by Gasteiger charge is -2.24. The minimum absolute atomic E-state index is 0.712. The van der Waals surface area contributed by atoms with Gasteiger partial charge in [-0.05, 0) is 53.9 Å². The maximum Gasteiger partial charge on any atom is 0.0562 e. The number of nitrogens with zero attached hydrogens (tertiary/aromatic N) is 2. The molecule has 2 heterocycles. The smallest absolute Gasteiger partial charge is 0.0562 e. The van der Waals surface area contributed by atoms with Crippen LogP contribution >= 0.6 is 11.3 Å². The van der Waals surface area contributed by atoms with Crippen molar-refractivity contribution in [1.29, 1.82) is 0 Å². The highest BCUT2D eigenvalue weighted by atomic mass is 32.1. The molecule has 0 bridgehead atoms. The van der Waals surface area contributed by atoms with Gasteiger partial charge in [0.1, 0.15) is 0 Å². The van der Waals surface area contributed by atoms with Crippen LogP contribution in [0.2, 0.25) is 0 Å². The van der Waals surface area contributed by atoms with Crippen molar-refractivity contribution in [3.05, 3.63) is 46.4 Å². The van der Waals surface area contributed by atoms with Gasteiger partial charge < -0.3 is 10.2 Å². The third-order valence-corrected chi connectivity index (χ3v) is 4.34. The number of pyridine rings is 1. The van der Waals surface area contributed by atoms with E-state index in [0.717, 1.165) is 25.3 Å². The summed E-state index contributed by atoms with van der Waals surface area (Å²) in [6, 6.07) is 7.30. The molecule has 1 aliphatic carbocycles. The minimum atomic E-state index is 0.712. The zero-order valence-electron chi connectivity index (χ0n) is 11.9. The second kappa shape index (κ2) is 6.37. The second-order valence-electron chi connectivity index (χ2n) is 5.28. The van der Waals surface area contributed by atoms with Gasteiger partial charge in [0.2, 0.25) is 0 Å². The van der Waals surface area contributed by atoms with Crippen LogP contribution in [0, 0.1) is 0 Å². The van der Waals surface area contributed by atoms with Gasteiger partial charge in [-0.15, -0.1) is 0 Å². The molecule has 106 valence electrons. The van der Waals surface area contributed by atoms with Gasteiger partial charge in [-0.25, -0.2) is 0 Å². The Balaban J connectivity index is 1.76. The summed E-state index contributed by atoms with van der Waals surface area (Å²) in [4.78, 5) is 6.98. The van der Waals surface area contributed by atoms with Crippen LogP contribution in [0.1, 0.15) is 31.0 Å². The summed E-state index contributed by atoms with van der Waals surface area (Å²) in [6.07, 6.45) is 4.56. The summed E-state index contributed by atoms with van der Waals surface area (Å²) in [5, 5.41) is 7.74. The lowest BCUT2D eigenvalue weighted by atomic mass is 10.2. The molecule has 0 radical (unpaired) electrons. The Labute approximate surface area is 124 Å². The van der Waals surface area contributed by atoms with Crippen LogP contribution in [-0.4, -0.2) is 17.6 Å². The molecule has 0 atom stereocenters. The lowest BCUT2D eigenvalue weighted by molar-refractivity contribution is 0.708. The molecule has 1 aliphatic rings. The van der Waals surface area contributed by atoms with Gasteiger partial charge in [-0.1, -0.05) is 6.92 Å². The molecule has 2 aromatic heterocycles. The molecule has 0 unspecified atom stereocenters. The van der Waals surface area contributed by atoms with Crippen molar-refractivity contribution in [3.63, 3.8) is 0 Å². The second-order valence-corrected chi connectivity index (χ2v) is 6.06. The number of thiophene rings is 1. The zero-order valence-corrected chi connectivity index (χ0v) is 12.7. The highest BCUT2D eigenvalue weighted by molar-refractivity contribution is 7.07. The fourth-order valence-corrected chi connectivity index (χ4v) is 3.05. The summed E-state index contributed by atoms with van der Waals surface area (Å²) in [5.41, 5.74) is 3.84. The summed E-state index contributed by atoms with van der Waals surface area (Å²) in [6.45, 7) is 4.96. The molecule has 0 aromatic carbocycles. The fourth-order valence-electron chi connectivity index (χ4n) is 2.39. The molecule has 0 saturated heterocycles. The Kier molecular flexibility index (Phi) is 4.33. The maximum atomic E-state index is 4.45. The first-order valence-electron chi connectivity index (χ1n) is 7.30. The van der Waals surface area contributed by atoms with E-state index >= 15 is 0 Å². The van der Waals surface area contributed by atoms with Crippen LogP contribution in [0.4, 0.5) is 5.69 Å². The Morgan fingerprint density at radius 1 is 1.40 bits per heavy atom. The van der Waals surface area contributed by atoms with Crippen LogP contribution in [0.5, 0.6) is 0 Å². The van der Waals surface area contributed by atoms with Crippen LogP contribution < -0.4 is 10.2 Å². The summed E-state index contributed by atoms with van der Waals surface area (Å²) < 4.78 is 0. The predicted molar refractivity (Wildman–Crippen MR) is 85.1 cm³/mol. The van der Waals surface area contributed by atoms with Gasteiger partial charge in [-0.2, -0.15) is 11.3 Å². The third-order valence-electron chi connectivity index (χ3n) is 3.61. The van der Waals surface area contributed by atoms with Crippen molar-refractivity contribution >= 4 is 17.0 Å². The fraction of sp³-hybridized carbons (Fsp3) is 0.438. The zero-order chi connectivity index (χ0) is 13.8. The van der Waals surface area contributed by atoms with E-state index in [1.807, 2.05) is 6.20 Å². The Morgan fingerprint density at radius 2 is 2.30 bits per heavy atom. The largest absolute Gasteiger partial charge is 0.364 e.